The van der Waals surface area contributed by atoms with Gasteiger partial charge in [-0.3, -0.25) is 9.36 Å². The zero-order chi connectivity index (χ0) is 17.3. The first-order valence-electron chi connectivity index (χ1n) is 8.25. The summed E-state index contributed by atoms with van der Waals surface area (Å²) >= 11 is 0. The second-order valence-electron chi connectivity index (χ2n) is 6.42. The van der Waals surface area contributed by atoms with E-state index in [1.165, 1.54) is 0 Å². The minimum atomic E-state index is -0.281. The first kappa shape index (κ1) is 16.2. The van der Waals surface area contributed by atoms with Crippen molar-refractivity contribution < 1.29 is 4.79 Å². The summed E-state index contributed by atoms with van der Waals surface area (Å²) in [6.45, 7) is 6.74. The van der Waals surface area contributed by atoms with Crippen molar-refractivity contribution in [2.24, 2.45) is 0 Å². The molecule has 3 rings (SSSR count). The van der Waals surface area contributed by atoms with Gasteiger partial charge in [0.25, 0.3) is 0 Å². The molecule has 1 aliphatic rings. The number of hydrogen-bond donors (Lipinski definition) is 0. The normalized spacial score (nSPS) is 18.0. The van der Waals surface area contributed by atoms with E-state index < -0.39 is 0 Å². The SMILES string of the molecule is Cc1nnc(-c2cccc(C#N)c2)n1[C@H]1CCCN(C(C)C)C1=O. The van der Waals surface area contributed by atoms with Crippen LogP contribution < -0.4 is 0 Å². The molecule has 2 heterocycles. The lowest BCUT2D eigenvalue weighted by atomic mass is 10.0. The third-order valence-corrected chi connectivity index (χ3v) is 4.50. The van der Waals surface area contributed by atoms with Gasteiger partial charge in [0.1, 0.15) is 11.9 Å². The minimum Gasteiger partial charge on any atom is -0.338 e. The van der Waals surface area contributed by atoms with E-state index in [2.05, 4.69) is 16.3 Å². The molecule has 0 spiro atoms. The quantitative estimate of drug-likeness (QED) is 0.870. The van der Waals surface area contributed by atoms with Gasteiger partial charge in [-0.15, -0.1) is 10.2 Å². The number of nitrogens with zero attached hydrogens (tertiary/aromatic N) is 5. The Labute approximate surface area is 141 Å². The fraction of sp³-hybridized carbons (Fsp3) is 0.444. The smallest absolute Gasteiger partial charge is 0.245 e. The second kappa shape index (κ2) is 6.44. The summed E-state index contributed by atoms with van der Waals surface area (Å²) in [7, 11) is 0. The van der Waals surface area contributed by atoms with Crippen LogP contribution in [0.4, 0.5) is 0 Å². The lowest BCUT2D eigenvalue weighted by molar-refractivity contribution is -0.139. The van der Waals surface area contributed by atoms with Gasteiger partial charge in [0.2, 0.25) is 5.91 Å². The Morgan fingerprint density at radius 3 is 2.83 bits per heavy atom. The van der Waals surface area contributed by atoms with Crippen LogP contribution in [0.25, 0.3) is 11.4 Å². The first-order valence-corrected chi connectivity index (χ1v) is 8.25. The molecular weight excluding hydrogens is 302 g/mol. The summed E-state index contributed by atoms with van der Waals surface area (Å²) in [6.07, 6.45) is 1.75. The molecule has 1 amide bonds. The van der Waals surface area contributed by atoms with Crippen LogP contribution in [0.5, 0.6) is 0 Å². The van der Waals surface area contributed by atoms with E-state index in [1.54, 1.807) is 12.1 Å². The van der Waals surface area contributed by atoms with Gasteiger partial charge in [-0.25, -0.2) is 0 Å². The molecule has 24 heavy (non-hydrogen) atoms. The van der Waals surface area contributed by atoms with Gasteiger partial charge in [-0.05, 0) is 45.7 Å². The molecule has 0 saturated carbocycles. The molecule has 1 atom stereocenters. The van der Waals surface area contributed by atoms with Crippen molar-refractivity contribution in [3.8, 4) is 17.5 Å². The van der Waals surface area contributed by atoms with Crippen LogP contribution >= 0.6 is 0 Å². The molecule has 1 saturated heterocycles. The number of likely N-dealkylation sites (tertiary alicyclic amines) is 1. The maximum atomic E-state index is 12.9. The zero-order valence-corrected chi connectivity index (χ0v) is 14.2. The van der Waals surface area contributed by atoms with E-state index in [-0.39, 0.29) is 18.0 Å². The summed E-state index contributed by atoms with van der Waals surface area (Å²) in [6, 6.07) is 9.30. The van der Waals surface area contributed by atoms with Crippen LogP contribution in [0.3, 0.4) is 0 Å². The summed E-state index contributed by atoms with van der Waals surface area (Å²) in [5.74, 6) is 1.49. The Morgan fingerprint density at radius 2 is 2.12 bits per heavy atom. The van der Waals surface area contributed by atoms with Crippen LogP contribution in [0.1, 0.15) is 44.1 Å². The van der Waals surface area contributed by atoms with Crippen molar-refractivity contribution >= 4 is 5.91 Å². The first-order chi connectivity index (χ1) is 11.5. The van der Waals surface area contributed by atoms with Gasteiger partial charge >= 0.3 is 0 Å². The maximum Gasteiger partial charge on any atom is 0.245 e. The molecule has 1 aromatic carbocycles. The Kier molecular flexibility index (Phi) is 4.34. The molecule has 1 aromatic heterocycles. The van der Waals surface area contributed by atoms with E-state index in [1.807, 2.05) is 42.4 Å². The molecule has 6 nitrogen and oxygen atoms in total. The van der Waals surface area contributed by atoms with E-state index >= 15 is 0 Å². The van der Waals surface area contributed by atoms with Crippen molar-refractivity contribution in [3.63, 3.8) is 0 Å². The molecule has 0 N–H and O–H groups in total. The Morgan fingerprint density at radius 1 is 1.33 bits per heavy atom. The summed E-state index contributed by atoms with van der Waals surface area (Å²) in [5.41, 5.74) is 1.38. The maximum absolute atomic E-state index is 12.9. The van der Waals surface area contributed by atoms with Crippen LogP contribution in [0.2, 0.25) is 0 Å². The highest BCUT2D eigenvalue weighted by Crippen LogP contribution is 2.30. The zero-order valence-electron chi connectivity index (χ0n) is 14.2. The fourth-order valence-electron chi connectivity index (χ4n) is 3.30. The van der Waals surface area contributed by atoms with Crippen molar-refractivity contribution in [1.29, 1.82) is 5.26 Å². The van der Waals surface area contributed by atoms with E-state index in [0.717, 1.165) is 30.8 Å². The highest BCUT2D eigenvalue weighted by molar-refractivity contribution is 5.82. The van der Waals surface area contributed by atoms with Gasteiger partial charge in [0.15, 0.2) is 5.82 Å². The highest BCUT2D eigenvalue weighted by Gasteiger charge is 2.34. The number of aryl methyl sites for hydroxylation is 1. The summed E-state index contributed by atoms with van der Waals surface area (Å²) in [5, 5.41) is 17.6. The largest absolute Gasteiger partial charge is 0.338 e. The van der Waals surface area contributed by atoms with Crippen LogP contribution in [0.15, 0.2) is 24.3 Å². The average molecular weight is 323 g/mol. The number of hydrogen-bond acceptors (Lipinski definition) is 4. The number of carbonyl (C=O) groups is 1. The lowest BCUT2D eigenvalue weighted by Crippen LogP contribution is -2.46. The topological polar surface area (TPSA) is 74.8 Å². The van der Waals surface area contributed by atoms with Gasteiger partial charge in [-0.1, -0.05) is 12.1 Å². The summed E-state index contributed by atoms with van der Waals surface area (Å²) < 4.78 is 1.92. The van der Waals surface area contributed by atoms with Crippen molar-refractivity contribution in [1.82, 2.24) is 19.7 Å². The third-order valence-electron chi connectivity index (χ3n) is 4.50. The predicted octanol–water partition coefficient (Wildman–Crippen LogP) is 2.70. The standard InChI is InChI=1S/C18H21N5O/c1-12(2)22-9-5-8-16(18(22)24)23-13(3)20-21-17(23)15-7-4-6-14(10-15)11-19/h4,6-7,10,12,16H,5,8-9H2,1-3H3/t16-/m0/s1. The molecule has 6 heteroatoms. The van der Waals surface area contributed by atoms with E-state index in [9.17, 15) is 4.79 Å². The third kappa shape index (κ3) is 2.78. The molecule has 2 aromatic rings. The molecular formula is C18H21N5O. The number of nitriles is 1. The van der Waals surface area contributed by atoms with Crippen molar-refractivity contribution in [2.75, 3.05) is 6.54 Å². The van der Waals surface area contributed by atoms with Crippen molar-refractivity contribution in [2.45, 2.75) is 45.7 Å². The molecule has 1 aliphatic heterocycles. The van der Waals surface area contributed by atoms with Gasteiger partial charge in [0, 0.05) is 18.2 Å². The molecule has 124 valence electrons. The van der Waals surface area contributed by atoms with Gasteiger partial charge in [-0.2, -0.15) is 5.26 Å². The minimum absolute atomic E-state index is 0.122. The number of amides is 1. The predicted molar refractivity (Wildman–Crippen MR) is 90.0 cm³/mol. The number of carbonyl (C=O) groups excluding carboxylic acids is 1. The Hall–Kier alpha value is -2.68. The second-order valence-corrected chi connectivity index (χ2v) is 6.42. The molecule has 0 aliphatic carbocycles. The fourth-order valence-corrected chi connectivity index (χ4v) is 3.30. The lowest BCUT2D eigenvalue weighted by Gasteiger charge is -2.36. The number of rotatable bonds is 3. The molecule has 0 radical (unpaired) electrons. The average Bonchev–Trinajstić information content (AvgIpc) is 2.96. The highest BCUT2D eigenvalue weighted by atomic mass is 16.2. The monoisotopic (exact) mass is 323 g/mol. The van der Waals surface area contributed by atoms with Gasteiger partial charge < -0.3 is 4.90 Å². The summed E-state index contributed by atoms with van der Waals surface area (Å²) in [4.78, 5) is 14.8. The van der Waals surface area contributed by atoms with Crippen LogP contribution in [0, 0.1) is 18.3 Å². The number of aromatic nitrogens is 3. The van der Waals surface area contributed by atoms with Crippen LogP contribution in [-0.4, -0.2) is 38.2 Å². The molecule has 0 bridgehead atoms. The molecule has 1 fully saturated rings. The Balaban J connectivity index is 2.04. The van der Waals surface area contributed by atoms with E-state index in [0.29, 0.717) is 11.4 Å². The van der Waals surface area contributed by atoms with Gasteiger partial charge in [0.05, 0.1) is 11.6 Å². The molecule has 0 unspecified atom stereocenters. The van der Waals surface area contributed by atoms with Crippen molar-refractivity contribution in [3.05, 3.63) is 35.7 Å². The Bertz CT molecular complexity index is 802. The van der Waals surface area contributed by atoms with E-state index in [4.69, 9.17) is 5.26 Å². The van der Waals surface area contributed by atoms with Crippen LogP contribution in [-0.2, 0) is 4.79 Å². The number of piperidine rings is 1. The number of benzene rings is 1.